The molecule has 144 valence electrons. The summed E-state index contributed by atoms with van der Waals surface area (Å²) in [4.78, 5) is 24.4. The third-order valence-corrected chi connectivity index (χ3v) is 5.76. The number of carbonyl (C=O) groups is 1. The summed E-state index contributed by atoms with van der Waals surface area (Å²) in [5, 5.41) is 3.29. The number of rotatable bonds is 4. The number of aromatic nitrogens is 2. The van der Waals surface area contributed by atoms with E-state index in [-0.39, 0.29) is 11.8 Å². The normalized spacial score (nSPS) is 21.2. The number of nitrogens with zero attached hydrogens (tertiary/aromatic N) is 3. The highest BCUT2D eigenvalue weighted by atomic mass is 16.5. The molecule has 6 nitrogen and oxygen atoms in total. The molecular weight excluding hydrogens is 340 g/mol. The van der Waals surface area contributed by atoms with E-state index in [1.807, 2.05) is 24.3 Å². The number of benzene rings is 1. The van der Waals surface area contributed by atoms with Crippen molar-refractivity contribution in [1.29, 1.82) is 0 Å². The number of anilines is 1. The first kappa shape index (κ1) is 18.0. The van der Waals surface area contributed by atoms with Crippen molar-refractivity contribution in [2.75, 3.05) is 25.1 Å². The van der Waals surface area contributed by atoms with E-state index in [0.29, 0.717) is 18.5 Å². The molecule has 1 atom stereocenters. The molecule has 1 saturated heterocycles. The monoisotopic (exact) mass is 368 g/mol. The third kappa shape index (κ3) is 3.99. The van der Waals surface area contributed by atoms with Gasteiger partial charge < -0.3 is 15.0 Å². The van der Waals surface area contributed by atoms with Crippen LogP contribution in [-0.4, -0.2) is 42.1 Å². The van der Waals surface area contributed by atoms with Crippen molar-refractivity contribution in [3.63, 3.8) is 0 Å². The Morgan fingerprint density at radius 1 is 1.07 bits per heavy atom. The van der Waals surface area contributed by atoms with E-state index in [2.05, 4.69) is 15.2 Å². The predicted molar refractivity (Wildman–Crippen MR) is 106 cm³/mol. The number of amides is 1. The van der Waals surface area contributed by atoms with Crippen LogP contribution in [0.1, 0.15) is 44.9 Å². The molecule has 1 saturated carbocycles. The van der Waals surface area contributed by atoms with Crippen molar-refractivity contribution in [1.82, 2.24) is 15.3 Å². The second-order valence-corrected chi connectivity index (χ2v) is 7.67. The molecule has 27 heavy (non-hydrogen) atoms. The molecule has 0 bridgehead atoms. The van der Waals surface area contributed by atoms with Crippen molar-refractivity contribution in [2.24, 2.45) is 5.92 Å². The molecule has 0 spiro atoms. The van der Waals surface area contributed by atoms with Crippen LogP contribution in [0.4, 0.5) is 5.82 Å². The Labute approximate surface area is 160 Å². The maximum atomic E-state index is 12.8. The van der Waals surface area contributed by atoms with Crippen LogP contribution < -0.4 is 15.0 Å². The number of nitrogens with one attached hydrogen (secondary N) is 1. The Hall–Kier alpha value is -2.37. The van der Waals surface area contributed by atoms with E-state index in [1.165, 1.54) is 19.3 Å². The number of ether oxygens (including phenoxy) is 1. The van der Waals surface area contributed by atoms with Crippen molar-refractivity contribution in [3.8, 4) is 5.88 Å². The Balaban J connectivity index is 1.50. The van der Waals surface area contributed by atoms with Gasteiger partial charge in [-0.1, -0.05) is 31.4 Å². The zero-order valence-electron chi connectivity index (χ0n) is 16.0. The minimum atomic E-state index is -0.00125. The number of fused-ring (bicyclic) bond motifs is 1. The lowest BCUT2D eigenvalue weighted by atomic mass is 9.93. The number of para-hydroxylation sites is 2. The summed E-state index contributed by atoms with van der Waals surface area (Å²) < 4.78 is 5.51. The van der Waals surface area contributed by atoms with Crippen molar-refractivity contribution in [3.05, 3.63) is 24.3 Å². The van der Waals surface area contributed by atoms with Gasteiger partial charge in [0.25, 0.3) is 5.88 Å². The van der Waals surface area contributed by atoms with E-state index in [0.717, 1.165) is 49.1 Å². The molecule has 1 amide bonds. The minimum Gasteiger partial charge on any atom is -0.478 e. The molecule has 0 radical (unpaired) electrons. The number of piperidine rings is 1. The molecule has 0 unspecified atom stereocenters. The molecule has 1 aliphatic carbocycles. The highest BCUT2D eigenvalue weighted by molar-refractivity contribution is 5.81. The average molecular weight is 368 g/mol. The van der Waals surface area contributed by atoms with E-state index >= 15 is 0 Å². The Morgan fingerprint density at radius 3 is 2.56 bits per heavy atom. The summed E-state index contributed by atoms with van der Waals surface area (Å²) >= 11 is 0. The number of hydrogen-bond acceptors (Lipinski definition) is 5. The molecule has 1 aliphatic heterocycles. The van der Waals surface area contributed by atoms with Crippen LogP contribution in [0.3, 0.4) is 0 Å². The molecule has 2 aliphatic rings. The van der Waals surface area contributed by atoms with Crippen LogP contribution in [0.25, 0.3) is 11.0 Å². The molecule has 2 heterocycles. The van der Waals surface area contributed by atoms with Gasteiger partial charge in [-0.2, -0.15) is 0 Å². The summed E-state index contributed by atoms with van der Waals surface area (Å²) in [6.45, 7) is 1.54. The minimum absolute atomic E-state index is 0.00125. The molecule has 1 aromatic heterocycles. The van der Waals surface area contributed by atoms with Crippen LogP contribution in [0.2, 0.25) is 0 Å². The topological polar surface area (TPSA) is 67.4 Å². The van der Waals surface area contributed by atoms with Crippen molar-refractivity contribution in [2.45, 2.75) is 51.0 Å². The summed E-state index contributed by atoms with van der Waals surface area (Å²) in [5.74, 6) is 1.46. The van der Waals surface area contributed by atoms with Gasteiger partial charge in [0, 0.05) is 19.1 Å². The van der Waals surface area contributed by atoms with E-state index < -0.39 is 0 Å². The Kier molecular flexibility index (Phi) is 5.41. The Morgan fingerprint density at radius 2 is 1.81 bits per heavy atom. The number of carbonyl (C=O) groups excluding carboxylic acids is 1. The summed E-state index contributed by atoms with van der Waals surface area (Å²) in [6.07, 6.45) is 7.89. The fraction of sp³-hybridized carbons (Fsp3) is 0.571. The second kappa shape index (κ2) is 8.11. The van der Waals surface area contributed by atoms with Gasteiger partial charge in [-0.05, 0) is 37.8 Å². The summed E-state index contributed by atoms with van der Waals surface area (Å²) in [5.41, 5.74) is 1.67. The lowest BCUT2D eigenvalue weighted by Crippen LogP contribution is -2.46. The molecule has 2 aromatic rings. The first-order chi connectivity index (χ1) is 13.2. The second-order valence-electron chi connectivity index (χ2n) is 7.67. The van der Waals surface area contributed by atoms with Gasteiger partial charge in [-0.15, -0.1) is 0 Å². The highest BCUT2D eigenvalue weighted by Gasteiger charge is 2.30. The van der Waals surface area contributed by atoms with Gasteiger partial charge >= 0.3 is 0 Å². The molecule has 1 N–H and O–H groups in total. The molecule has 1 aromatic carbocycles. The standard InChI is InChI=1S/C21H28N4O2/c1-27-21-19(23-17-11-5-6-12-18(17)24-21)25-13-7-8-15(14-25)20(26)22-16-9-3-2-4-10-16/h5-6,11-12,15-16H,2-4,7-10,13-14H2,1H3,(H,22,26)/t15-/m0/s1. The largest absolute Gasteiger partial charge is 0.478 e. The molecule has 6 heteroatoms. The molecular formula is C21H28N4O2. The van der Waals surface area contributed by atoms with E-state index in [9.17, 15) is 4.79 Å². The number of methoxy groups -OCH3 is 1. The fourth-order valence-electron chi connectivity index (χ4n) is 4.27. The zero-order chi connectivity index (χ0) is 18.6. The lowest BCUT2D eigenvalue weighted by Gasteiger charge is -2.34. The van der Waals surface area contributed by atoms with Crippen LogP contribution >= 0.6 is 0 Å². The van der Waals surface area contributed by atoms with Gasteiger partial charge in [0.2, 0.25) is 5.91 Å². The van der Waals surface area contributed by atoms with Crippen LogP contribution in [0, 0.1) is 5.92 Å². The van der Waals surface area contributed by atoms with Crippen LogP contribution in [0.15, 0.2) is 24.3 Å². The summed E-state index contributed by atoms with van der Waals surface area (Å²) in [6, 6.07) is 8.16. The first-order valence-corrected chi connectivity index (χ1v) is 10.1. The predicted octanol–water partition coefficient (Wildman–Crippen LogP) is 3.30. The third-order valence-electron chi connectivity index (χ3n) is 5.76. The van der Waals surface area contributed by atoms with Crippen LogP contribution in [0.5, 0.6) is 5.88 Å². The average Bonchev–Trinajstić information content (AvgIpc) is 2.73. The highest BCUT2D eigenvalue weighted by Crippen LogP contribution is 2.30. The van der Waals surface area contributed by atoms with Crippen LogP contribution in [-0.2, 0) is 4.79 Å². The smallest absolute Gasteiger partial charge is 0.257 e. The molecule has 4 rings (SSSR count). The van der Waals surface area contributed by atoms with Gasteiger partial charge in [-0.25, -0.2) is 9.97 Å². The lowest BCUT2D eigenvalue weighted by molar-refractivity contribution is -0.126. The van der Waals surface area contributed by atoms with E-state index in [1.54, 1.807) is 7.11 Å². The quantitative estimate of drug-likeness (QED) is 0.897. The Bertz CT molecular complexity index is 804. The first-order valence-electron chi connectivity index (χ1n) is 10.1. The van der Waals surface area contributed by atoms with Gasteiger partial charge in [0.05, 0.1) is 24.1 Å². The zero-order valence-corrected chi connectivity index (χ0v) is 16.0. The number of hydrogen-bond donors (Lipinski definition) is 1. The van der Waals surface area contributed by atoms with Gasteiger partial charge in [-0.3, -0.25) is 4.79 Å². The summed E-state index contributed by atoms with van der Waals surface area (Å²) in [7, 11) is 1.62. The maximum Gasteiger partial charge on any atom is 0.257 e. The maximum absolute atomic E-state index is 12.8. The van der Waals surface area contributed by atoms with Crippen molar-refractivity contribution >= 4 is 22.8 Å². The van der Waals surface area contributed by atoms with Gasteiger partial charge in [0.1, 0.15) is 0 Å². The van der Waals surface area contributed by atoms with Crippen molar-refractivity contribution < 1.29 is 9.53 Å². The van der Waals surface area contributed by atoms with E-state index in [4.69, 9.17) is 9.72 Å². The SMILES string of the molecule is COc1nc2ccccc2nc1N1CCC[C@H](C(=O)NC2CCCCC2)C1. The fourth-order valence-corrected chi connectivity index (χ4v) is 4.27. The van der Waals surface area contributed by atoms with Gasteiger partial charge in [0.15, 0.2) is 5.82 Å². The molecule has 2 fully saturated rings.